The number of carbonyl (C=O) groups is 1. The summed E-state index contributed by atoms with van der Waals surface area (Å²) in [6.45, 7) is 5.56. The highest BCUT2D eigenvalue weighted by Crippen LogP contribution is 2.34. The zero-order chi connectivity index (χ0) is 22.8. The monoisotopic (exact) mass is 453 g/mol. The molecule has 2 N–H and O–H groups in total. The molecule has 3 atom stereocenters. The number of carbonyl (C=O) groups excluding carboxylic acids is 1. The van der Waals surface area contributed by atoms with Crippen LogP contribution in [0.2, 0.25) is 0 Å². The number of aromatic nitrogens is 2. The lowest BCUT2D eigenvalue weighted by atomic mass is 9.80. The van der Waals surface area contributed by atoms with Crippen molar-refractivity contribution in [2.24, 2.45) is 5.92 Å². The number of benzene rings is 1. The number of piperidine rings is 1. The quantitative estimate of drug-likeness (QED) is 0.741. The molecule has 2 fully saturated rings. The number of nitrogens with zero attached hydrogens (tertiary/aromatic N) is 3. The normalized spacial score (nSPS) is 26.0. The lowest BCUT2D eigenvalue weighted by Crippen LogP contribution is -2.50. The summed E-state index contributed by atoms with van der Waals surface area (Å²) < 4.78 is 19.3. The first kappa shape index (κ1) is 22.2. The van der Waals surface area contributed by atoms with Gasteiger partial charge < -0.3 is 20.3 Å². The van der Waals surface area contributed by atoms with Crippen LogP contribution in [-0.4, -0.2) is 59.2 Å². The fourth-order valence-electron chi connectivity index (χ4n) is 5.34. The molecule has 0 unspecified atom stereocenters. The van der Waals surface area contributed by atoms with Crippen molar-refractivity contribution in [1.82, 2.24) is 20.2 Å². The van der Waals surface area contributed by atoms with Crippen molar-refractivity contribution < 1.29 is 13.9 Å². The van der Waals surface area contributed by atoms with Crippen LogP contribution in [0.3, 0.4) is 0 Å². The number of hydrogen-bond donors (Lipinski definition) is 2. The second-order valence-corrected chi connectivity index (χ2v) is 9.48. The third kappa shape index (κ3) is 4.87. The molecule has 0 aliphatic carbocycles. The van der Waals surface area contributed by atoms with E-state index in [1.807, 2.05) is 17.2 Å². The van der Waals surface area contributed by atoms with Crippen LogP contribution in [0.4, 0.5) is 10.3 Å². The number of nitrogens with one attached hydrogen (secondary N) is 2. The van der Waals surface area contributed by atoms with E-state index in [4.69, 9.17) is 9.72 Å². The van der Waals surface area contributed by atoms with Crippen molar-refractivity contribution in [2.75, 3.05) is 31.6 Å². The lowest BCUT2D eigenvalue weighted by Gasteiger charge is -2.40. The van der Waals surface area contributed by atoms with Crippen LogP contribution in [-0.2, 0) is 22.5 Å². The van der Waals surface area contributed by atoms with Gasteiger partial charge in [-0.3, -0.25) is 4.79 Å². The molecule has 8 heteroatoms. The Morgan fingerprint density at radius 2 is 2.12 bits per heavy atom. The predicted octanol–water partition coefficient (Wildman–Crippen LogP) is 2.87. The standard InChI is InChI=1S/C25H32FN5O2/c1-16-11-18-13-28-25(29-20-6-9-33-10-7-20)30-23(18)15-31(16)24(32)21-5-8-27-14-22(21)17-3-2-4-19(26)12-17/h2-4,12-13,16,20-22,27H,5-11,14-15H2,1H3,(H,28,29,30)/t16-,21+,22-/m1/s1. The van der Waals surface area contributed by atoms with Crippen LogP contribution in [0.5, 0.6) is 0 Å². The molecule has 0 spiro atoms. The Labute approximate surface area is 194 Å². The summed E-state index contributed by atoms with van der Waals surface area (Å²) in [7, 11) is 0. The van der Waals surface area contributed by atoms with Gasteiger partial charge in [-0.2, -0.15) is 0 Å². The maximum atomic E-state index is 13.9. The first-order valence-corrected chi connectivity index (χ1v) is 12.0. The molecule has 0 saturated carbocycles. The topological polar surface area (TPSA) is 79.4 Å². The number of ether oxygens (including phenoxy) is 1. The van der Waals surface area contributed by atoms with Gasteiger partial charge in [-0.25, -0.2) is 14.4 Å². The van der Waals surface area contributed by atoms with Gasteiger partial charge in [0.05, 0.1) is 12.2 Å². The molecule has 1 aromatic heterocycles. The zero-order valence-electron chi connectivity index (χ0n) is 19.1. The summed E-state index contributed by atoms with van der Waals surface area (Å²) in [5.74, 6) is 0.305. The van der Waals surface area contributed by atoms with Crippen molar-refractivity contribution in [3.8, 4) is 0 Å². The fourth-order valence-corrected chi connectivity index (χ4v) is 5.34. The zero-order valence-corrected chi connectivity index (χ0v) is 19.1. The molecule has 3 aliphatic heterocycles. The van der Waals surface area contributed by atoms with Crippen LogP contribution in [0, 0.1) is 11.7 Å². The third-order valence-electron chi connectivity index (χ3n) is 7.24. The van der Waals surface area contributed by atoms with Gasteiger partial charge in [0.2, 0.25) is 11.9 Å². The van der Waals surface area contributed by atoms with Crippen molar-refractivity contribution in [1.29, 1.82) is 0 Å². The van der Waals surface area contributed by atoms with E-state index in [1.165, 1.54) is 6.07 Å². The molecule has 7 nitrogen and oxygen atoms in total. The van der Waals surface area contributed by atoms with Crippen LogP contribution in [0.15, 0.2) is 30.5 Å². The minimum Gasteiger partial charge on any atom is -0.381 e. The summed E-state index contributed by atoms with van der Waals surface area (Å²) in [6.07, 6.45) is 5.28. The average molecular weight is 454 g/mol. The van der Waals surface area contributed by atoms with Gasteiger partial charge in [0.1, 0.15) is 5.82 Å². The maximum absolute atomic E-state index is 13.9. The minimum atomic E-state index is -0.259. The Morgan fingerprint density at radius 1 is 1.27 bits per heavy atom. The Kier molecular flexibility index (Phi) is 6.55. The molecule has 2 aromatic rings. The van der Waals surface area contributed by atoms with Crippen molar-refractivity contribution in [2.45, 2.75) is 57.2 Å². The first-order chi connectivity index (χ1) is 16.1. The summed E-state index contributed by atoms with van der Waals surface area (Å²) >= 11 is 0. The summed E-state index contributed by atoms with van der Waals surface area (Å²) in [5.41, 5.74) is 2.91. The molecule has 2 saturated heterocycles. The number of anilines is 1. The third-order valence-corrected chi connectivity index (χ3v) is 7.24. The molecule has 5 rings (SSSR count). The van der Waals surface area contributed by atoms with Crippen molar-refractivity contribution in [3.05, 3.63) is 53.1 Å². The molecule has 1 amide bonds. The largest absolute Gasteiger partial charge is 0.381 e. The molecule has 4 heterocycles. The fraction of sp³-hybridized carbons (Fsp3) is 0.560. The van der Waals surface area contributed by atoms with E-state index in [0.29, 0.717) is 25.1 Å². The number of rotatable bonds is 4. The highest BCUT2D eigenvalue weighted by molar-refractivity contribution is 5.80. The van der Waals surface area contributed by atoms with E-state index in [1.54, 1.807) is 12.1 Å². The highest BCUT2D eigenvalue weighted by Gasteiger charge is 2.38. The second kappa shape index (κ2) is 9.73. The summed E-state index contributed by atoms with van der Waals surface area (Å²) in [5, 5.41) is 6.82. The van der Waals surface area contributed by atoms with Gasteiger partial charge in [0, 0.05) is 49.9 Å². The van der Waals surface area contributed by atoms with Crippen LogP contribution >= 0.6 is 0 Å². The second-order valence-electron chi connectivity index (χ2n) is 9.48. The Morgan fingerprint density at radius 3 is 2.94 bits per heavy atom. The SMILES string of the molecule is C[C@@H]1Cc2cnc(NC3CCOCC3)nc2CN1C(=O)[C@H]1CCNC[C@@H]1c1cccc(F)c1. The van der Waals surface area contributed by atoms with Gasteiger partial charge in [-0.05, 0) is 62.4 Å². The Balaban J connectivity index is 1.34. The average Bonchev–Trinajstić information content (AvgIpc) is 2.84. The van der Waals surface area contributed by atoms with E-state index in [-0.39, 0.29) is 29.6 Å². The maximum Gasteiger partial charge on any atom is 0.227 e. The highest BCUT2D eigenvalue weighted by atomic mass is 19.1. The van der Waals surface area contributed by atoms with E-state index < -0.39 is 0 Å². The van der Waals surface area contributed by atoms with Gasteiger partial charge >= 0.3 is 0 Å². The number of halogens is 1. The summed E-state index contributed by atoms with van der Waals surface area (Å²) in [6, 6.07) is 7.06. The molecular formula is C25H32FN5O2. The minimum absolute atomic E-state index is 0.0355. The molecule has 3 aliphatic rings. The van der Waals surface area contributed by atoms with Crippen molar-refractivity contribution >= 4 is 11.9 Å². The lowest BCUT2D eigenvalue weighted by molar-refractivity contribution is -0.140. The van der Waals surface area contributed by atoms with E-state index >= 15 is 0 Å². The Hall–Kier alpha value is -2.58. The predicted molar refractivity (Wildman–Crippen MR) is 123 cm³/mol. The smallest absolute Gasteiger partial charge is 0.227 e. The molecule has 0 bridgehead atoms. The molecule has 33 heavy (non-hydrogen) atoms. The van der Waals surface area contributed by atoms with Crippen LogP contribution in [0.1, 0.15) is 48.9 Å². The number of hydrogen-bond acceptors (Lipinski definition) is 6. The van der Waals surface area contributed by atoms with Crippen molar-refractivity contribution in [3.63, 3.8) is 0 Å². The number of fused-ring (bicyclic) bond motifs is 1. The van der Waals surface area contributed by atoms with E-state index in [2.05, 4.69) is 22.5 Å². The van der Waals surface area contributed by atoms with Crippen LogP contribution in [0.25, 0.3) is 0 Å². The molecule has 1 aromatic carbocycles. The first-order valence-electron chi connectivity index (χ1n) is 12.0. The van der Waals surface area contributed by atoms with Gasteiger partial charge in [-0.15, -0.1) is 0 Å². The van der Waals surface area contributed by atoms with E-state index in [0.717, 1.165) is 62.3 Å². The molecule has 0 radical (unpaired) electrons. The van der Waals surface area contributed by atoms with Gasteiger partial charge in [0.15, 0.2) is 0 Å². The summed E-state index contributed by atoms with van der Waals surface area (Å²) in [4.78, 5) is 25.1. The van der Waals surface area contributed by atoms with Gasteiger partial charge in [-0.1, -0.05) is 12.1 Å². The van der Waals surface area contributed by atoms with Crippen LogP contribution < -0.4 is 10.6 Å². The number of amides is 1. The van der Waals surface area contributed by atoms with E-state index in [9.17, 15) is 9.18 Å². The molecular weight excluding hydrogens is 421 g/mol. The Bertz CT molecular complexity index is 997. The molecule has 176 valence electrons. The van der Waals surface area contributed by atoms with Gasteiger partial charge in [0.25, 0.3) is 0 Å².